The fourth-order valence-electron chi connectivity index (χ4n) is 3.85. The number of nitrogens with zero attached hydrogens (tertiary/aromatic N) is 2. The maximum Gasteiger partial charge on any atom is 0.0667 e. The second-order valence-corrected chi connectivity index (χ2v) is 8.04. The van der Waals surface area contributed by atoms with Gasteiger partial charge in [-0.15, -0.1) is 0 Å². The van der Waals surface area contributed by atoms with E-state index in [1.807, 2.05) is 0 Å². The summed E-state index contributed by atoms with van der Waals surface area (Å²) in [5, 5.41) is 10.3. The fourth-order valence-corrected chi connectivity index (χ4v) is 3.85. The molecule has 1 fully saturated rings. The largest absolute Gasteiger partial charge is 0.392 e. The highest BCUT2D eigenvalue weighted by molar-refractivity contribution is 5.47. The number of hydrogen-bond acceptors (Lipinski definition) is 3. The smallest absolute Gasteiger partial charge is 0.0667 e. The van der Waals surface area contributed by atoms with Crippen molar-refractivity contribution in [1.29, 1.82) is 0 Å². The predicted octanol–water partition coefficient (Wildman–Crippen LogP) is 5.01. The minimum absolute atomic E-state index is 0.152. The third-order valence-corrected chi connectivity index (χ3v) is 5.63. The molecule has 1 heterocycles. The van der Waals surface area contributed by atoms with Crippen molar-refractivity contribution in [2.45, 2.75) is 77.7 Å². The number of aryl methyl sites for hydroxylation is 1. The van der Waals surface area contributed by atoms with E-state index in [2.05, 4.69) is 47.9 Å². The number of β-amino-alcohol motifs (C(OH)–C–C–N with tert-alkyl or cyclic N) is 1. The van der Waals surface area contributed by atoms with Gasteiger partial charge in [-0.05, 0) is 25.5 Å². The van der Waals surface area contributed by atoms with E-state index < -0.39 is 0 Å². The molecule has 2 rings (SSSR count). The Balaban J connectivity index is 1.52. The Morgan fingerprint density at radius 1 is 0.846 bits per heavy atom. The van der Waals surface area contributed by atoms with Gasteiger partial charge >= 0.3 is 0 Å². The van der Waals surface area contributed by atoms with E-state index >= 15 is 0 Å². The lowest BCUT2D eigenvalue weighted by Crippen LogP contribution is -2.48. The molecule has 1 aromatic carbocycles. The molecule has 0 aromatic heterocycles. The summed E-state index contributed by atoms with van der Waals surface area (Å²) in [4.78, 5) is 4.89. The van der Waals surface area contributed by atoms with Crippen LogP contribution in [0, 0.1) is 6.92 Å². The SMILES string of the molecule is CCCCCCCCCCC(O)CN1CCN(c2ccc(C)cc2)CC1. The third-order valence-electron chi connectivity index (χ3n) is 5.63. The summed E-state index contributed by atoms with van der Waals surface area (Å²) < 4.78 is 0. The Bertz CT molecular complexity index is 466. The molecule has 1 aromatic rings. The van der Waals surface area contributed by atoms with E-state index in [4.69, 9.17) is 0 Å². The lowest BCUT2D eigenvalue weighted by Gasteiger charge is -2.37. The minimum atomic E-state index is -0.152. The van der Waals surface area contributed by atoms with Crippen molar-refractivity contribution in [3.63, 3.8) is 0 Å². The molecule has 0 amide bonds. The van der Waals surface area contributed by atoms with E-state index in [-0.39, 0.29) is 6.10 Å². The molecule has 0 bridgehead atoms. The van der Waals surface area contributed by atoms with Gasteiger partial charge in [0.25, 0.3) is 0 Å². The second kappa shape index (κ2) is 12.3. The molecule has 1 aliphatic rings. The van der Waals surface area contributed by atoms with Gasteiger partial charge in [-0.2, -0.15) is 0 Å². The first-order valence-electron chi connectivity index (χ1n) is 10.9. The van der Waals surface area contributed by atoms with Crippen LogP contribution in [0.4, 0.5) is 5.69 Å². The van der Waals surface area contributed by atoms with Crippen molar-refractivity contribution in [3.05, 3.63) is 29.8 Å². The van der Waals surface area contributed by atoms with Gasteiger partial charge in [0.2, 0.25) is 0 Å². The van der Waals surface area contributed by atoms with Crippen LogP contribution in [0.5, 0.6) is 0 Å². The van der Waals surface area contributed by atoms with Gasteiger partial charge in [-0.3, -0.25) is 4.90 Å². The molecule has 1 saturated heterocycles. The fraction of sp³-hybridized carbons (Fsp3) is 0.739. The first kappa shape index (κ1) is 21.2. The number of hydrogen-bond donors (Lipinski definition) is 1. The average molecular weight is 361 g/mol. The van der Waals surface area contributed by atoms with Crippen LogP contribution in [-0.2, 0) is 0 Å². The van der Waals surface area contributed by atoms with Gasteiger partial charge in [-0.25, -0.2) is 0 Å². The summed E-state index contributed by atoms with van der Waals surface area (Å²) >= 11 is 0. The summed E-state index contributed by atoms with van der Waals surface area (Å²) in [6.45, 7) is 9.49. The normalized spacial score (nSPS) is 16.8. The Morgan fingerprint density at radius 3 is 2.04 bits per heavy atom. The van der Waals surface area contributed by atoms with E-state index in [1.54, 1.807) is 0 Å². The standard InChI is InChI=1S/C23H40N2O/c1-3-4-5-6-7-8-9-10-11-23(26)20-24-16-18-25(19-17-24)22-14-12-21(2)13-15-22/h12-15,23,26H,3-11,16-20H2,1-2H3. The van der Waals surface area contributed by atoms with E-state index in [9.17, 15) is 5.11 Å². The molecule has 0 saturated carbocycles. The number of unbranched alkanes of at least 4 members (excludes halogenated alkanes) is 7. The topological polar surface area (TPSA) is 26.7 Å². The second-order valence-electron chi connectivity index (χ2n) is 8.04. The lowest BCUT2D eigenvalue weighted by molar-refractivity contribution is 0.0996. The molecule has 26 heavy (non-hydrogen) atoms. The zero-order valence-electron chi connectivity index (χ0n) is 17.1. The summed E-state index contributed by atoms with van der Waals surface area (Å²) in [6.07, 6.45) is 11.5. The highest BCUT2D eigenvalue weighted by Crippen LogP contribution is 2.17. The van der Waals surface area contributed by atoms with Crippen molar-refractivity contribution in [2.75, 3.05) is 37.6 Å². The summed E-state index contributed by atoms with van der Waals surface area (Å²) in [5.41, 5.74) is 2.64. The van der Waals surface area contributed by atoms with Crippen LogP contribution in [-0.4, -0.2) is 48.8 Å². The van der Waals surface area contributed by atoms with Crippen LogP contribution in [0.3, 0.4) is 0 Å². The van der Waals surface area contributed by atoms with Crippen molar-refractivity contribution >= 4 is 5.69 Å². The number of rotatable bonds is 12. The number of piperazine rings is 1. The quantitative estimate of drug-likeness (QED) is 0.531. The predicted molar refractivity (Wildman–Crippen MR) is 113 cm³/mol. The molecule has 1 aliphatic heterocycles. The number of aliphatic hydroxyl groups excluding tert-OH is 1. The highest BCUT2D eigenvalue weighted by Gasteiger charge is 2.19. The van der Waals surface area contributed by atoms with Crippen LogP contribution >= 0.6 is 0 Å². The third kappa shape index (κ3) is 8.09. The van der Waals surface area contributed by atoms with E-state index in [0.717, 1.165) is 39.1 Å². The van der Waals surface area contributed by atoms with Gasteiger partial charge in [0.15, 0.2) is 0 Å². The van der Waals surface area contributed by atoms with Crippen LogP contribution in [0.25, 0.3) is 0 Å². The minimum Gasteiger partial charge on any atom is -0.392 e. The van der Waals surface area contributed by atoms with E-state index in [1.165, 1.54) is 62.6 Å². The Morgan fingerprint density at radius 2 is 1.42 bits per heavy atom. The molecule has 0 spiro atoms. The summed E-state index contributed by atoms with van der Waals surface area (Å²) in [7, 11) is 0. The zero-order chi connectivity index (χ0) is 18.6. The Labute approximate surface area is 161 Å². The van der Waals surface area contributed by atoms with Crippen LogP contribution < -0.4 is 4.90 Å². The molecule has 3 heteroatoms. The average Bonchev–Trinajstić information content (AvgIpc) is 2.65. The molecule has 1 unspecified atom stereocenters. The monoisotopic (exact) mass is 360 g/mol. The van der Waals surface area contributed by atoms with Crippen LogP contribution in [0.15, 0.2) is 24.3 Å². The molecule has 1 N–H and O–H groups in total. The molecule has 1 atom stereocenters. The molecule has 3 nitrogen and oxygen atoms in total. The lowest BCUT2D eigenvalue weighted by atomic mass is 10.1. The van der Waals surface area contributed by atoms with Gasteiger partial charge in [0.1, 0.15) is 0 Å². The maximum atomic E-state index is 10.3. The number of aliphatic hydroxyl groups is 1. The van der Waals surface area contributed by atoms with Gasteiger partial charge in [-0.1, -0.05) is 76.0 Å². The maximum absolute atomic E-state index is 10.3. The van der Waals surface area contributed by atoms with Gasteiger partial charge in [0, 0.05) is 38.4 Å². The van der Waals surface area contributed by atoms with Crippen LogP contribution in [0.1, 0.15) is 70.3 Å². The first-order valence-corrected chi connectivity index (χ1v) is 10.9. The zero-order valence-corrected chi connectivity index (χ0v) is 17.1. The molecular formula is C23H40N2O. The molecule has 148 valence electrons. The van der Waals surface area contributed by atoms with Crippen molar-refractivity contribution in [2.24, 2.45) is 0 Å². The molecular weight excluding hydrogens is 320 g/mol. The molecule has 0 radical (unpaired) electrons. The van der Waals surface area contributed by atoms with Crippen molar-refractivity contribution < 1.29 is 5.11 Å². The van der Waals surface area contributed by atoms with Gasteiger partial charge < -0.3 is 10.0 Å². The van der Waals surface area contributed by atoms with Crippen molar-refractivity contribution in [1.82, 2.24) is 4.90 Å². The number of benzene rings is 1. The van der Waals surface area contributed by atoms with Crippen molar-refractivity contribution in [3.8, 4) is 0 Å². The Hall–Kier alpha value is -1.06. The first-order chi connectivity index (χ1) is 12.7. The molecule has 0 aliphatic carbocycles. The summed E-state index contributed by atoms with van der Waals surface area (Å²) in [5.74, 6) is 0. The van der Waals surface area contributed by atoms with Crippen LogP contribution in [0.2, 0.25) is 0 Å². The highest BCUT2D eigenvalue weighted by atomic mass is 16.3. The Kier molecular flexibility index (Phi) is 10.1. The van der Waals surface area contributed by atoms with E-state index in [0.29, 0.717) is 0 Å². The van der Waals surface area contributed by atoms with Gasteiger partial charge in [0.05, 0.1) is 6.10 Å². The number of anilines is 1. The summed E-state index contributed by atoms with van der Waals surface area (Å²) in [6, 6.07) is 8.83.